The van der Waals surface area contributed by atoms with Crippen molar-refractivity contribution in [3.63, 3.8) is 0 Å². The highest BCUT2D eigenvalue weighted by molar-refractivity contribution is 5.92. The second-order valence-electron chi connectivity index (χ2n) is 8.60. The van der Waals surface area contributed by atoms with Crippen LogP contribution >= 0.6 is 0 Å². The zero-order valence-corrected chi connectivity index (χ0v) is 17.2. The van der Waals surface area contributed by atoms with Crippen LogP contribution < -0.4 is 20.4 Å². The summed E-state index contributed by atoms with van der Waals surface area (Å²) in [6.45, 7) is 9.30. The average Bonchev–Trinajstić information content (AvgIpc) is 2.77. The standard InChI is InChI=1S/C20H29F3N4O2/c1-19(2,3)25-18(29)14-27-10-6-9-26(11-12-27)13-17(28)24-16-8-5-4-7-15(16)20(21,22)23/h4-5,7-8H,6,9-14H2,1-3H3,(H,24,28)(H,25,29)/p+2. The highest BCUT2D eigenvalue weighted by atomic mass is 19.4. The van der Waals surface area contributed by atoms with Crippen LogP contribution in [0, 0.1) is 0 Å². The molecule has 2 rings (SSSR count). The SMILES string of the molecule is CC(C)(C)NC(=O)C[NH+]1CCC[NH+](CC(=O)Nc2ccccc2C(F)(F)F)CC1. The van der Waals surface area contributed by atoms with Gasteiger partial charge in [-0.25, -0.2) is 0 Å². The zero-order chi connectivity index (χ0) is 21.7. The van der Waals surface area contributed by atoms with Crippen LogP contribution in [0.1, 0.15) is 32.8 Å². The molecule has 6 nitrogen and oxygen atoms in total. The van der Waals surface area contributed by atoms with Crippen molar-refractivity contribution in [3.8, 4) is 0 Å². The quantitative estimate of drug-likeness (QED) is 0.534. The van der Waals surface area contributed by atoms with E-state index in [2.05, 4.69) is 10.6 Å². The Morgan fingerprint density at radius 2 is 1.48 bits per heavy atom. The molecule has 0 bridgehead atoms. The Labute approximate surface area is 169 Å². The molecule has 162 valence electrons. The molecule has 1 aromatic carbocycles. The van der Waals surface area contributed by atoms with Crippen molar-refractivity contribution in [1.29, 1.82) is 0 Å². The van der Waals surface area contributed by atoms with Gasteiger partial charge in [0.25, 0.3) is 11.8 Å². The fourth-order valence-corrected chi connectivity index (χ4v) is 3.50. The summed E-state index contributed by atoms with van der Waals surface area (Å²) in [5.41, 5.74) is -1.34. The predicted molar refractivity (Wildman–Crippen MR) is 104 cm³/mol. The van der Waals surface area contributed by atoms with Gasteiger partial charge in [-0.1, -0.05) is 12.1 Å². The number of halogens is 3. The number of hydrogen-bond donors (Lipinski definition) is 4. The molecular weight excluding hydrogens is 385 g/mol. The smallest absolute Gasteiger partial charge is 0.347 e. The van der Waals surface area contributed by atoms with Gasteiger partial charge in [-0.3, -0.25) is 9.59 Å². The van der Waals surface area contributed by atoms with Crippen LogP contribution in [0.3, 0.4) is 0 Å². The lowest BCUT2D eigenvalue weighted by Gasteiger charge is -2.22. The van der Waals surface area contributed by atoms with Gasteiger partial charge >= 0.3 is 6.18 Å². The van der Waals surface area contributed by atoms with E-state index in [0.29, 0.717) is 13.1 Å². The van der Waals surface area contributed by atoms with Gasteiger partial charge < -0.3 is 20.4 Å². The first-order valence-electron chi connectivity index (χ1n) is 9.88. The maximum absolute atomic E-state index is 13.1. The molecule has 2 unspecified atom stereocenters. The molecule has 1 aromatic rings. The van der Waals surface area contributed by atoms with E-state index < -0.39 is 17.6 Å². The molecule has 1 saturated heterocycles. The third-order valence-electron chi connectivity index (χ3n) is 4.73. The molecule has 0 radical (unpaired) electrons. The van der Waals surface area contributed by atoms with Crippen LogP contribution in [-0.2, 0) is 15.8 Å². The number of anilines is 1. The number of quaternary nitrogens is 2. The molecular formula is C20H31F3N4O2+2. The molecule has 29 heavy (non-hydrogen) atoms. The van der Waals surface area contributed by atoms with E-state index in [-0.39, 0.29) is 23.7 Å². The van der Waals surface area contributed by atoms with Crippen molar-refractivity contribution in [2.45, 2.75) is 38.9 Å². The summed E-state index contributed by atoms with van der Waals surface area (Å²) in [5, 5.41) is 5.36. The zero-order valence-electron chi connectivity index (χ0n) is 17.2. The maximum atomic E-state index is 13.1. The van der Waals surface area contributed by atoms with E-state index in [1.165, 1.54) is 18.2 Å². The minimum atomic E-state index is -4.52. The number of amides is 2. The van der Waals surface area contributed by atoms with Gasteiger partial charge in [0.15, 0.2) is 13.1 Å². The van der Waals surface area contributed by atoms with Crippen LogP contribution in [0.5, 0.6) is 0 Å². The largest absolute Gasteiger partial charge is 0.418 e. The maximum Gasteiger partial charge on any atom is 0.418 e. The fourth-order valence-electron chi connectivity index (χ4n) is 3.50. The highest BCUT2D eigenvalue weighted by Gasteiger charge is 2.34. The summed E-state index contributed by atoms with van der Waals surface area (Å²) in [6, 6.07) is 4.98. The van der Waals surface area contributed by atoms with Gasteiger partial charge in [-0.15, -0.1) is 0 Å². The normalized spacial score (nSPS) is 20.6. The van der Waals surface area contributed by atoms with Gasteiger partial charge in [-0.05, 0) is 32.9 Å². The van der Waals surface area contributed by atoms with E-state index in [1.807, 2.05) is 20.8 Å². The molecule has 1 heterocycles. The summed E-state index contributed by atoms with van der Waals surface area (Å²) >= 11 is 0. The van der Waals surface area contributed by atoms with E-state index in [0.717, 1.165) is 41.9 Å². The Hall–Kier alpha value is -2.13. The van der Waals surface area contributed by atoms with Crippen LogP contribution in [0.25, 0.3) is 0 Å². The molecule has 0 spiro atoms. The van der Waals surface area contributed by atoms with Gasteiger partial charge in [0.05, 0.1) is 24.3 Å². The summed E-state index contributed by atoms with van der Waals surface area (Å²) in [6.07, 6.45) is -3.67. The van der Waals surface area contributed by atoms with Crippen molar-refractivity contribution < 1.29 is 32.6 Å². The van der Waals surface area contributed by atoms with Crippen molar-refractivity contribution >= 4 is 17.5 Å². The number of para-hydroxylation sites is 1. The third-order valence-corrected chi connectivity index (χ3v) is 4.73. The number of hydrogen-bond acceptors (Lipinski definition) is 2. The monoisotopic (exact) mass is 416 g/mol. The van der Waals surface area contributed by atoms with Crippen molar-refractivity contribution in [1.82, 2.24) is 5.32 Å². The second-order valence-corrected chi connectivity index (χ2v) is 8.60. The average molecular weight is 416 g/mol. The molecule has 0 saturated carbocycles. The van der Waals surface area contributed by atoms with Crippen molar-refractivity contribution in [2.75, 3.05) is 44.6 Å². The number of benzene rings is 1. The Morgan fingerprint density at radius 1 is 0.931 bits per heavy atom. The molecule has 2 atom stereocenters. The van der Waals surface area contributed by atoms with Crippen molar-refractivity contribution in [3.05, 3.63) is 29.8 Å². The number of alkyl halides is 3. The van der Waals surface area contributed by atoms with Crippen molar-refractivity contribution in [2.24, 2.45) is 0 Å². The Morgan fingerprint density at radius 3 is 2.03 bits per heavy atom. The second kappa shape index (κ2) is 9.58. The summed E-state index contributed by atoms with van der Waals surface area (Å²) < 4.78 is 39.2. The summed E-state index contributed by atoms with van der Waals surface area (Å²) in [5.74, 6) is -0.442. The lowest BCUT2D eigenvalue weighted by atomic mass is 10.1. The van der Waals surface area contributed by atoms with E-state index in [1.54, 1.807) is 0 Å². The number of carbonyl (C=O) groups excluding carboxylic acids is 2. The third kappa shape index (κ3) is 8.02. The van der Waals surface area contributed by atoms with Crippen LogP contribution in [-0.4, -0.2) is 56.6 Å². The lowest BCUT2D eigenvalue weighted by molar-refractivity contribution is -0.930. The first-order chi connectivity index (χ1) is 13.4. The van der Waals surface area contributed by atoms with E-state index >= 15 is 0 Å². The fraction of sp³-hybridized carbons (Fsp3) is 0.600. The van der Waals surface area contributed by atoms with Gasteiger partial charge in [-0.2, -0.15) is 13.2 Å². The number of nitrogens with one attached hydrogen (secondary N) is 4. The summed E-state index contributed by atoms with van der Waals surface area (Å²) in [4.78, 5) is 26.6. The molecule has 1 aliphatic rings. The Bertz CT molecular complexity index is 716. The summed E-state index contributed by atoms with van der Waals surface area (Å²) in [7, 11) is 0. The minimum absolute atomic E-state index is 0.00236. The minimum Gasteiger partial charge on any atom is -0.347 e. The molecule has 0 aliphatic carbocycles. The first kappa shape index (κ1) is 23.2. The van der Waals surface area contributed by atoms with Crippen LogP contribution in [0.4, 0.5) is 18.9 Å². The Balaban J connectivity index is 1.86. The lowest BCUT2D eigenvalue weighted by Crippen LogP contribution is -3.18. The van der Waals surface area contributed by atoms with Gasteiger partial charge in [0.2, 0.25) is 0 Å². The van der Waals surface area contributed by atoms with Crippen LogP contribution in [0.2, 0.25) is 0 Å². The molecule has 0 aromatic heterocycles. The predicted octanol–water partition coefficient (Wildman–Crippen LogP) is -0.268. The highest BCUT2D eigenvalue weighted by Crippen LogP contribution is 2.34. The van der Waals surface area contributed by atoms with Gasteiger partial charge in [0, 0.05) is 12.0 Å². The first-order valence-corrected chi connectivity index (χ1v) is 9.88. The van der Waals surface area contributed by atoms with E-state index in [9.17, 15) is 22.8 Å². The molecule has 9 heteroatoms. The van der Waals surface area contributed by atoms with Gasteiger partial charge in [0.1, 0.15) is 13.1 Å². The molecule has 1 fully saturated rings. The number of rotatable bonds is 5. The number of carbonyl (C=O) groups is 2. The topological polar surface area (TPSA) is 67.1 Å². The van der Waals surface area contributed by atoms with Crippen LogP contribution in [0.15, 0.2) is 24.3 Å². The van der Waals surface area contributed by atoms with E-state index in [4.69, 9.17) is 0 Å². The molecule has 2 amide bonds. The molecule has 1 aliphatic heterocycles. The molecule has 4 N–H and O–H groups in total. The Kier molecular flexibility index (Phi) is 7.65.